The molecule has 10 rings (SSSR count). The Morgan fingerprint density at radius 2 is 0.750 bits per heavy atom. The summed E-state index contributed by atoms with van der Waals surface area (Å²) in [6.07, 6.45) is 0. The molecule has 0 amide bonds. The number of nitrogens with zero attached hydrogens (tertiary/aromatic N) is 2. The summed E-state index contributed by atoms with van der Waals surface area (Å²) >= 11 is 0. The van der Waals surface area contributed by atoms with Crippen LogP contribution in [-0.4, -0.2) is 4.57 Å². The van der Waals surface area contributed by atoms with Gasteiger partial charge in [0.15, 0.2) is 0 Å². The third-order valence-corrected chi connectivity index (χ3v) is 11.8. The van der Waals surface area contributed by atoms with Gasteiger partial charge in [-0.2, -0.15) is 0 Å². The van der Waals surface area contributed by atoms with Gasteiger partial charge < -0.3 is 9.47 Å². The molecule has 0 aliphatic carbocycles. The lowest BCUT2D eigenvalue weighted by atomic mass is 9.86. The van der Waals surface area contributed by atoms with Crippen molar-refractivity contribution in [3.8, 4) is 50.2 Å². The Morgan fingerprint density at radius 1 is 0.333 bits per heavy atom. The molecular formula is C58H46N2. The van der Waals surface area contributed by atoms with Gasteiger partial charge in [0.2, 0.25) is 0 Å². The number of hydrogen-bond acceptors (Lipinski definition) is 1. The van der Waals surface area contributed by atoms with Crippen LogP contribution in [0, 0.1) is 0 Å². The van der Waals surface area contributed by atoms with Crippen LogP contribution in [0.5, 0.6) is 0 Å². The highest BCUT2D eigenvalue weighted by molar-refractivity contribution is 6.10. The van der Waals surface area contributed by atoms with Gasteiger partial charge in [-0.1, -0.05) is 191 Å². The first kappa shape index (κ1) is 36.9. The van der Waals surface area contributed by atoms with Gasteiger partial charge in [-0.25, -0.2) is 0 Å². The van der Waals surface area contributed by atoms with Gasteiger partial charge in [0.05, 0.1) is 16.7 Å². The Morgan fingerprint density at radius 3 is 1.32 bits per heavy atom. The smallest absolute Gasteiger partial charge is 0.0547 e. The van der Waals surface area contributed by atoms with Crippen LogP contribution < -0.4 is 4.90 Å². The number of para-hydroxylation sites is 2. The zero-order valence-corrected chi connectivity index (χ0v) is 34.3. The zero-order valence-electron chi connectivity index (χ0n) is 34.3. The lowest BCUT2D eigenvalue weighted by molar-refractivity contribution is 0.590. The van der Waals surface area contributed by atoms with Gasteiger partial charge in [-0.05, 0) is 105 Å². The molecule has 0 saturated carbocycles. The molecule has 0 N–H and O–H groups in total. The fraction of sp³-hybridized carbons (Fsp3) is 0.0690. The van der Waals surface area contributed by atoms with E-state index in [1.807, 2.05) is 0 Å². The van der Waals surface area contributed by atoms with E-state index in [1.54, 1.807) is 0 Å². The Kier molecular flexibility index (Phi) is 9.47. The highest BCUT2D eigenvalue weighted by Crippen LogP contribution is 2.41. The number of aromatic nitrogens is 1. The van der Waals surface area contributed by atoms with Crippen LogP contribution in [0.3, 0.4) is 0 Å². The normalized spacial score (nSPS) is 11.6. The highest BCUT2D eigenvalue weighted by Gasteiger charge is 2.19. The molecule has 2 nitrogen and oxygen atoms in total. The van der Waals surface area contributed by atoms with Crippen molar-refractivity contribution >= 4 is 38.9 Å². The van der Waals surface area contributed by atoms with Gasteiger partial charge in [0.1, 0.15) is 0 Å². The Hall–Kier alpha value is -7.42. The van der Waals surface area contributed by atoms with Crippen molar-refractivity contribution in [3.05, 3.63) is 230 Å². The molecule has 0 spiro atoms. The molecule has 1 aromatic heterocycles. The van der Waals surface area contributed by atoms with Gasteiger partial charge >= 0.3 is 0 Å². The van der Waals surface area contributed by atoms with E-state index >= 15 is 0 Å². The molecule has 0 atom stereocenters. The molecule has 1 heterocycles. The van der Waals surface area contributed by atoms with Crippen molar-refractivity contribution in [2.45, 2.75) is 26.2 Å². The van der Waals surface area contributed by atoms with Gasteiger partial charge in [0, 0.05) is 33.4 Å². The maximum absolute atomic E-state index is 2.45. The van der Waals surface area contributed by atoms with Crippen LogP contribution in [0.1, 0.15) is 26.3 Å². The summed E-state index contributed by atoms with van der Waals surface area (Å²) in [6, 6.07) is 81.6. The summed E-state index contributed by atoms with van der Waals surface area (Å²) < 4.78 is 2.45. The molecule has 60 heavy (non-hydrogen) atoms. The summed E-state index contributed by atoms with van der Waals surface area (Å²) in [5, 5.41) is 2.50. The number of fused-ring (bicyclic) bond motifs is 3. The number of rotatable bonds is 8. The van der Waals surface area contributed by atoms with Crippen LogP contribution in [0.15, 0.2) is 224 Å². The van der Waals surface area contributed by atoms with E-state index in [0.717, 1.165) is 28.3 Å². The van der Waals surface area contributed by atoms with E-state index in [1.165, 1.54) is 66.3 Å². The molecule has 0 unspecified atom stereocenters. The first-order chi connectivity index (χ1) is 29.4. The van der Waals surface area contributed by atoms with E-state index < -0.39 is 0 Å². The third-order valence-electron chi connectivity index (χ3n) is 11.8. The Balaban J connectivity index is 1.05. The fourth-order valence-electron chi connectivity index (χ4n) is 8.59. The average molecular weight is 771 g/mol. The number of anilines is 3. The van der Waals surface area contributed by atoms with Crippen molar-refractivity contribution in [2.75, 3.05) is 4.90 Å². The lowest BCUT2D eigenvalue weighted by Crippen LogP contribution is -2.10. The quantitative estimate of drug-likeness (QED) is 0.149. The minimum absolute atomic E-state index is 0.109. The van der Waals surface area contributed by atoms with Crippen molar-refractivity contribution in [1.82, 2.24) is 4.57 Å². The van der Waals surface area contributed by atoms with Crippen molar-refractivity contribution in [2.24, 2.45) is 0 Å². The largest absolute Gasteiger partial charge is 0.311 e. The zero-order chi connectivity index (χ0) is 40.6. The van der Waals surface area contributed by atoms with Crippen molar-refractivity contribution in [1.29, 1.82) is 0 Å². The predicted octanol–water partition coefficient (Wildman–Crippen LogP) is 16.2. The van der Waals surface area contributed by atoms with E-state index in [-0.39, 0.29) is 5.41 Å². The third kappa shape index (κ3) is 6.97. The lowest BCUT2D eigenvalue weighted by Gasteiger charge is -2.26. The Bertz CT molecular complexity index is 2980. The van der Waals surface area contributed by atoms with E-state index in [9.17, 15) is 0 Å². The summed E-state index contributed by atoms with van der Waals surface area (Å²) in [5.74, 6) is 0. The number of hydrogen-bond donors (Lipinski definition) is 0. The van der Waals surface area contributed by atoms with Gasteiger partial charge in [-0.3, -0.25) is 0 Å². The van der Waals surface area contributed by atoms with Crippen molar-refractivity contribution in [3.63, 3.8) is 0 Å². The van der Waals surface area contributed by atoms with Crippen LogP contribution >= 0.6 is 0 Å². The minimum Gasteiger partial charge on any atom is -0.311 e. The standard InChI is InChI=1S/C58H46N2/c1-58(2,3)48-31-22-45(23-32-48)47-30-39-54-53-19-11-13-21-56(53)60(57(54)40-47)55-20-12-10-18-52(55)46-28-37-51(38-29-46)59(49-33-24-43(25-34-49)41-14-6-4-7-15-41)50-35-26-44(27-36-50)42-16-8-5-9-17-42/h4-40H,1-3H3. The second-order valence-corrected chi connectivity index (χ2v) is 16.6. The van der Waals surface area contributed by atoms with Gasteiger partial charge in [-0.15, -0.1) is 0 Å². The maximum atomic E-state index is 2.45. The van der Waals surface area contributed by atoms with Crippen LogP contribution in [0.2, 0.25) is 0 Å². The molecule has 288 valence electrons. The van der Waals surface area contributed by atoms with Crippen LogP contribution in [0.25, 0.3) is 72.0 Å². The van der Waals surface area contributed by atoms with Crippen LogP contribution in [0.4, 0.5) is 17.1 Å². The molecule has 0 aliphatic heterocycles. The molecule has 2 heteroatoms. The van der Waals surface area contributed by atoms with Gasteiger partial charge in [0.25, 0.3) is 0 Å². The molecule has 0 aliphatic rings. The monoisotopic (exact) mass is 770 g/mol. The molecule has 0 radical (unpaired) electrons. The summed E-state index contributed by atoms with van der Waals surface area (Å²) in [4.78, 5) is 2.35. The molecule has 0 bridgehead atoms. The highest BCUT2D eigenvalue weighted by atomic mass is 15.1. The topological polar surface area (TPSA) is 8.17 Å². The van der Waals surface area contributed by atoms with Crippen LogP contribution in [-0.2, 0) is 5.41 Å². The summed E-state index contributed by atoms with van der Waals surface area (Å²) in [7, 11) is 0. The second kappa shape index (κ2) is 15.4. The van der Waals surface area contributed by atoms with E-state index in [0.29, 0.717) is 0 Å². The summed E-state index contributed by atoms with van der Waals surface area (Å²) in [6.45, 7) is 6.80. The average Bonchev–Trinajstić information content (AvgIpc) is 3.64. The molecule has 10 aromatic rings. The maximum Gasteiger partial charge on any atom is 0.0547 e. The molecule has 0 saturated heterocycles. The van der Waals surface area contributed by atoms with E-state index in [2.05, 4.69) is 255 Å². The second-order valence-electron chi connectivity index (χ2n) is 16.6. The van der Waals surface area contributed by atoms with E-state index in [4.69, 9.17) is 0 Å². The molecule has 9 aromatic carbocycles. The predicted molar refractivity (Wildman–Crippen MR) is 256 cm³/mol. The Labute approximate surface area is 353 Å². The minimum atomic E-state index is 0.109. The number of benzene rings is 9. The SMILES string of the molecule is CC(C)(C)c1ccc(-c2ccc3c4ccccc4n(-c4ccccc4-c4ccc(N(c5ccc(-c6ccccc6)cc5)c5ccc(-c6ccccc6)cc5)cc4)c3c2)cc1. The molecule has 0 fully saturated rings. The first-order valence-electron chi connectivity index (χ1n) is 20.8. The fourth-order valence-corrected chi connectivity index (χ4v) is 8.59. The summed E-state index contributed by atoms with van der Waals surface area (Å²) in [5.41, 5.74) is 17.9. The van der Waals surface area contributed by atoms with Crippen molar-refractivity contribution < 1.29 is 0 Å². The molecular weight excluding hydrogens is 725 g/mol. The first-order valence-corrected chi connectivity index (χ1v) is 20.8.